The van der Waals surface area contributed by atoms with Crippen LogP contribution in [-0.4, -0.2) is 31.9 Å². The summed E-state index contributed by atoms with van der Waals surface area (Å²) >= 11 is 0. The summed E-state index contributed by atoms with van der Waals surface area (Å²) in [6.07, 6.45) is 6.10. The van der Waals surface area contributed by atoms with Crippen molar-refractivity contribution in [2.75, 3.05) is 6.54 Å². The minimum atomic E-state index is 0.0509. The molecule has 1 atom stereocenters. The van der Waals surface area contributed by atoms with E-state index in [2.05, 4.69) is 4.98 Å². The van der Waals surface area contributed by atoms with Gasteiger partial charge in [-0.25, -0.2) is 9.97 Å². The summed E-state index contributed by atoms with van der Waals surface area (Å²) in [4.78, 5) is 23.9. The molecule has 26 heavy (non-hydrogen) atoms. The predicted octanol–water partition coefficient (Wildman–Crippen LogP) is 3.48. The summed E-state index contributed by atoms with van der Waals surface area (Å²) in [6.45, 7) is 2.76. The highest BCUT2D eigenvalue weighted by Gasteiger charge is 2.30. The summed E-state index contributed by atoms with van der Waals surface area (Å²) in [7, 11) is 0. The number of carbonyl (C=O) groups excluding carboxylic acids is 1. The van der Waals surface area contributed by atoms with Crippen molar-refractivity contribution >= 4 is 5.91 Å². The largest absolute Gasteiger partial charge is 0.334 e. The summed E-state index contributed by atoms with van der Waals surface area (Å²) < 4.78 is 1.97. The monoisotopic (exact) mass is 346 g/mol. The van der Waals surface area contributed by atoms with E-state index in [1.165, 1.54) is 0 Å². The number of pyridine rings is 1. The Hall–Kier alpha value is -2.95. The quantitative estimate of drug-likeness (QED) is 0.727. The molecule has 5 nitrogen and oxygen atoms in total. The maximum Gasteiger partial charge on any atom is 0.227 e. The Bertz CT molecular complexity index is 903. The molecule has 132 valence electrons. The third kappa shape index (κ3) is 3.25. The van der Waals surface area contributed by atoms with Crippen molar-refractivity contribution in [2.24, 2.45) is 0 Å². The van der Waals surface area contributed by atoms with Crippen LogP contribution in [0, 0.1) is 6.92 Å². The van der Waals surface area contributed by atoms with Gasteiger partial charge in [0.2, 0.25) is 5.91 Å². The zero-order valence-electron chi connectivity index (χ0n) is 14.9. The molecule has 0 spiro atoms. The topological polar surface area (TPSA) is 51.0 Å². The highest BCUT2D eigenvalue weighted by Crippen LogP contribution is 2.31. The van der Waals surface area contributed by atoms with Crippen LogP contribution < -0.4 is 0 Å². The average Bonchev–Trinajstić information content (AvgIpc) is 3.32. The number of imidazole rings is 1. The number of likely N-dealkylation sites (tertiary alicyclic amines) is 1. The standard InChI is InChI=1S/C21H22N4O/c1-16-22-12-14-24(16)20-11-5-9-18(23-20)19-10-6-13-25(19)21(26)15-17-7-3-2-4-8-17/h2-5,7-9,11-12,14,19H,6,10,13,15H2,1H3. The minimum Gasteiger partial charge on any atom is -0.334 e. The first-order chi connectivity index (χ1) is 12.7. The van der Waals surface area contributed by atoms with E-state index in [1.807, 2.05) is 71.1 Å². The number of benzene rings is 1. The molecular weight excluding hydrogens is 324 g/mol. The second-order valence-electron chi connectivity index (χ2n) is 6.67. The molecule has 1 amide bonds. The zero-order valence-corrected chi connectivity index (χ0v) is 14.9. The number of hydrogen-bond acceptors (Lipinski definition) is 3. The lowest BCUT2D eigenvalue weighted by atomic mass is 10.1. The maximum atomic E-state index is 12.8. The van der Waals surface area contributed by atoms with Crippen molar-refractivity contribution < 1.29 is 4.79 Å². The maximum absolute atomic E-state index is 12.8. The van der Waals surface area contributed by atoms with Crippen LogP contribution in [0.15, 0.2) is 60.9 Å². The molecule has 5 heteroatoms. The molecule has 1 unspecified atom stereocenters. The van der Waals surface area contributed by atoms with Gasteiger partial charge in [-0.1, -0.05) is 36.4 Å². The molecule has 0 aliphatic carbocycles. The second-order valence-corrected chi connectivity index (χ2v) is 6.67. The molecular formula is C21H22N4O. The van der Waals surface area contributed by atoms with Gasteiger partial charge >= 0.3 is 0 Å². The van der Waals surface area contributed by atoms with Crippen molar-refractivity contribution in [1.29, 1.82) is 0 Å². The van der Waals surface area contributed by atoms with Crippen LogP contribution in [0.2, 0.25) is 0 Å². The third-order valence-corrected chi connectivity index (χ3v) is 4.94. The van der Waals surface area contributed by atoms with Gasteiger partial charge in [-0.15, -0.1) is 0 Å². The summed E-state index contributed by atoms with van der Waals surface area (Å²) in [5.41, 5.74) is 2.01. The van der Waals surface area contributed by atoms with Crippen molar-refractivity contribution in [3.63, 3.8) is 0 Å². The Balaban J connectivity index is 1.57. The number of aryl methyl sites for hydroxylation is 1. The highest BCUT2D eigenvalue weighted by atomic mass is 16.2. The predicted molar refractivity (Wildman–Crippen MR) is 99.9 cm³/mol. The zero-order chi connectivity index (χ0) is 17.9. The molecule has 1 aliphatic heterocycles. The van der Waals surface area contributed by atoms with Crippen LogP contribution in [0.4, 0.5) is 0 Å². The number of aromatic nitrogens is 3. The van der Waals surface area contributed by atoms with Crippen LogP contribution >= 0.6 is 0 Å². The number of amides is 1. The first-order valence-electron chi connectivity index (χ1n) is 9.03. The van der Waals surface area contributed by atoms with Crippen LogP contribution in [0.25, 0.3) is 5.82 Å². The summed E-state index contributed by atoms with van der Waals surface area (Å²) in [5.74, 6) is 1.92. The van der Waals surface area contributed by atoms with Crippen molar-refractivity contribution in [3.8, 4) is 5.82 Å². The van der Waals surface area contributed by atoms with Crippen molar-refractivity contribution in [2.45, 2.75) is 32.2 Å². The van der Waals surface area contributed by atoms with E-state index >= 15 is 0 Å². The van der Waals surface area contributed by atoms with E-state index in [0.29, 0.717) is 6.42 Å². The lowest BCUT2D eigenvalue weighted by Crippen LogP contribution is -2.32. The second kappa shape index (κ2) is 7.12. The molecule has 0 radical (unpaired) electrons. The normalized spacial score (nSPS) is 16.8. The molecule has 1 fully saturated rings. The van der Waals surface area contributed by atoms with E-state index in [1.54, 1.807) is 6.20 Å². The van der Waals surface area contributed by atoms with Gasteiger partial charge in [0.05, 0.1) is 18.2 Å². The molecule has 1 aromatic carbocycles. The molecule has 0 saturated carbocycles. The highest BCUT2D eigenvalue weighted by molar-refractivity contribution is 5.79. The van der Waals surface area contributed by atoms with Crippen molar-refractivity contribution in [1.82, 2.24) is 19.4 Å². The number of nitrogens with zero attached hydrogens (tertiary/aromatic N) is 4. The fourth-order valence-corrected chi connectivity index (χ4v) is 3.62. The average molecular weight is 346 g/mol. The van der Waals surface area contributed by atoms with E-state index in [9.17, 15) is 4.79 Å². The lowest BCUT2D eigenvalue weighted by Gasteiger charge is -2.25. The van der Waals surface area contributed by atoms with Gasteiger partial charge in [0, 0.05) is 18.9 Å². The Morgan fingerprint density at radius 2 is 2.00 bits per heavy atom. The molecule has 4 rings (SSSR count). The Morgan fingerprint density at radius 1 is 1.15 bits per heavy atom. The molecule has 1 saturated heterocycles. The van der Waals surface area contributed by atoms with E-state index in [4.69, 9.17) is 4.98 Å². The first kappa shape index (κ1) is 16.5. The van der Waals surface area contributed by atoms with Crippen LogP contribution in [0.3, 0.4) is 0 Å². The molecule has 3 heterocycles. The van der Waals surface area contributed by atoms with Crippen LogP contribution in [-0.2, 0) is 11.2 Å². The van der Waals surface area contributed by atoms with Gasteiger partial charge < -0.3 is 4.90 Å². The molecule has 0 bridgehead atoms. The first-order valence-corrected chi connectivity index (χ1v) is 9.03. The molecule has 2 aromatic heterocycles. The van der Waals surface area contributed by atoms with Crippen molar-refractivity contribution in [3.05, 3.63) is 78.0 Å². The lowest BCUT2D eigenvalue weighted by molar-refractivity contribution is -0.131. The Labute approximate surface area is 153 Å². The SMILES string of the molecule is Cc1nccn1-c1cccc(C2CCCN2C(=O)Cc2ccccc2)n1. The summed E-state index contributed by atoms with van der Waals surface area (Å²) in [6, 6.07) is 16.0. The van der Waals surface area contributed by atoms with Gasteiger partial charge in [0.1, 0.15) is 11.6 Å². The Kier molecular flexibility index (Phi) is 4.52. The van der Waals surface area contributed by atoms with Gasteiger partial charge in [-0.3, -0.25) is 9.36 Å². The third-order valence-electron chi connectivity index (χ3n) is 4.94. The Morgan fingerprint density at radius 3 is 2.77 bits per heavy atom. The fraction of sp³-hybridized carbons (Fsp3) is 0.286. The minimum absolute atomic E-state index is 0.0509. The number of carbonyl (C=O) groups is 1. The van der Waals surface area contributed by atoms with Gasteiger partial charge in [-0.05, 0) is 37.5 Å². The number of hydrogen-bond donors (Lipinski definition) is 0. The van der Waals surface area contributed by atoms with Crippen LogP contribution in [0.5, 0.6) is 0 Å². The molecule has 0 N–H and O–H groups in total. The smallest absolute Gasteiger partial charge is 0.227 e. The molecule has 3 aromatic rings. The van der Waals surface area contributed by atoms with E-state index in [0.717, 1.165) is 42.3 Å². The van der Waals surface area contributed by atoms with E-state index < -0.39 is 0 Å². The summed E-state index contributed by atoms with van der Waals surface area (Å²) in [5, 5.41) is 0. The molecule has 1 aliphatic rings. The van der Waals surface area contributed by atoms with E-state index in [-0.39, 0.29) is 11.9 Å². The number of rotatable bonds is 4. The van der Waals surface area contributed by atoms with Gasteiger partial charge in [0.25, 0.3) is 0 Å². The fourth-order valence-electron chi connectivity index (χ4n) is 3.62. The van der Waals surface area contributed by atoms with Gasteiger partial charge in [0.15, 0.2) is 0 Å². The van der Waals surface area contributed by atoms with Gasteiger partial charge in [-0.2, -0.15) is 0 Å². The van der Waals surface area contributed by atoms with Crippen LogP contribution in [0.1, 0.15) is 36.0 Å².